The molecule has 1 aromatic carbocycles. The minimum atomic E-state index is -1.22. The third-order valence-corrected chi connectivity index (χ3v) is 2.43. The Morgan fingerprint density at radius 1 is 1.32 bits per heavy atom. The Hall–Kier alpha value is -2.50. The molecule has 1 aliphatic heterocycles. The zero-order chi connectivity index (χ0) is 14.0. The van der Waals surface area contributed by atoms with Gasteiger partial charge in [-0.25, -0.2) is 14.0 Å². The van der Waals surface area contributed by atoms with E-state index in [-0.39, 0.29) is 12.2 Å². The van der Waals surface area contributed by atoms with E-state index in [1.165, 1.54) is 18.2 Å². The number of ether oxygens (including phenoxy) is 2. The van der Waals surface area contributed by atoms with E-state index in [4.69, 9.17) is 0 Å². The number of cyclic esters (lactones) is 1. The summed E-state index contributed by atoms with van der Waals surface area (Å²) in [5.41, 5.74) is -0.707. The number of carbonyl (C=O) groups is 3. The largest absolute Gasteiger partial charge is 0.462 e. The molecule has 0 fully saturated rings. The first kappa shape index (κ1) is 12.9. The van der Waals surface area contributed by atoms with Crippen LogP contribution in [0.15, 0.2) is 29.8 Å². The second kappa shape index (κ2) is 5.01. The van der Waals surface area contributed by atoms with Crippen LogP contribution in [0.25, 0.3) is 5.76 Å². The van der Waals surface area contributed by atoms with Crippen LogP contribution in [0.3, 0.4) is 0 Å². The first-order valence-electron chi connectivity index (χ1n) is 5.49. The van der Waals surface area contributed by atoms with Crippen LogP contribution < -0.4 is 0 Å². The number of esters is 2. The lowest BCUT2D eigenvalue weighted by molar-refractivity contribution is -0.147. The van der Waals surface area contributed by atoms with Crippen LogP contribution in [0.5, 0.6) is 0 Å². The molecular weight excluding hydrogens is 255 g/mol. The van der Waals surface area contributed by atoms with Gasteiger partial charge in [0, 0.05) is 0 Å². The zero-order valence-corrected chi connectivity index (χ0v) is 9.94. The predicted octanol–water partition coefficient (Wildman–Crippen LogP) is 1.23. The van der Waals surface area contributed by atoms with Crippen LogP contribution >= 0.6 is 0 Å². The van der Waals surface area contributed by atoms with Crippen molar-refractivity contribution < 1.29 is 28.2 Å². The molecule has 0 radical (unpaired) electrons. The Morgan fingerprint density at radius 3 is 2.63 bits per heavy atom. The van der Waals surface area contributed by atoms with Crippen LogP contribution in [-0.4, -0.2) is 24.3 Å². The molecule has 0 N–H and O–H groups in total. The Morgan fingerprint density at radius 2 is 2.00 bits per heavy atom. The summed E-state index contributed by atoms with van der Waals surface area (Å²) in [4.78, 5) is 34.4. The lowest BCUT2D eigenvalue weighted by Crippen LogP contribution is -2.17. The van der Waals surface area contributed by atoms with Crippen molar-refractivity contribution in [2.75, 3.05) is 6.61 Å². The van der Waals surface area contributed by atoms with Gasteiger partial charge in [-0.2, -0.15) is 0 Å². The number of benzene rings is 1. The zero-order valence-electron chi connectivity index (χ0n) is 9.94. The Kier molecular flexibility index (Phi) is 3.41. The third-order valence-electron chi connectivity index (χ3n) is 2.43. The highest BCUT2D eigenvalue weighted by atomic mass is 19.1. The Bertz CT molecular complexity index is 603. The Balaban J connectivity index is 2.56. The molecule has 19 heavy (non-hydrogen) atoms. The maximum atomic E-state index is 13.6. The molecule has 0 amide bonds. The molecule has 0 saturated carbocycles. The first-order valence-corrected chi connectivity index (χ1v) is 5.49. The molecule has 1 heterocycles. The second-order valence-corrected chi connectivity index (χ2v) is 3.62. The highest BCUT2D eigenvalue weighted by Gasteiger charge is 2.40. The minimum Gasteiger partial charge on any atom is -0.462 e. The van der Waals surface area contributed by atoms with Crippen LogP contribution in [0, 0.1) is 5.82 Å². The van der Waals surface area contributed by atoms with E-state index in [1.807, 2.05) is 0 Å². The summed E-state index contributed by atoms with van der Waals surface area (Å²) in [6.45, 7) is 1.57. The van der Waals surface area contributed by atoms with E-state index in [0.29, 0.717) is 0 Å². The standard InChI is InChI=1S/C13H9FO5/c1-2-18-12(16)9-10(15)13(17)19-11(9)7-5-3-4-6-8(7)14/h3-6H,2H2,1H3. The van der Waals surface area contributed by atoms with Gasteiger partial charge < -0.3 is 9.47 Å². The van der Waals surface area contributed by atoms with Crippen molar-refractivity contribution in [3.05, 3.63) is 41.2 Å². The van der Waals surface area contributed by atoms with Crippen LogP contribution in [0.2, 0.25) is 0 Å². The van der Waals surface area contributed by atoms with Crippen molar-refractivity contribution in [1.29, 1.82) is 0 Å². The van der Waals surface area contributed by atoms with E-state index in [2.05, 4.69) is 9.47 Å². The monoisotopic (exact) mass is 264 g/mol. The van der Waals surface area contributed by atoms with Gasteiger partial charge in [0.1, 0.15) is 5.82 Å². The van der Waals surface area contributed by atoms with Crippen molar-refractivity contribution >= 4 is 23.5 Å². The maximum Gasteiger partial charge on any atom is 0.385 e. The van der Waals surface area contributed by atoms with E-state index in [1.54, 1.807) is 6.92 Å². The normalized spacial score (nSPS) is 14.6. The summed E-state index contributed by atoms with van der Waals surface area (Å²) < 4.78 is 23.0. The molecular formula is C13H9FO5. The summed E-state index contributed by atoms with van der Waals surface area (Å²) >= 11 is 0. The van der Waals surface area contributed by atoms with Crippen LogP contribution in [0.1, 0.15) is 12.5 Å². The van der Waals surface area contributed by atoms with Crippen molar-refractivity contribution in [2.45, 2.75) is 6.92 Å². The van der Waals surface area contributed by atoms with Crippen molar-refractivity contribution in [3.8, 4) is 0 Å². The van der Waals surface area contributed by atoms with Gasteiger partial charge >= 0.3 is 11.9 Å². The maximum absolute atomic E-state index is 13.6. The van der Waals surface area contributed by atoms with Crippen molar-refractivity contribution in [3.63, 3.8) is 0 Å². The molecule has 1 aromatic rings. The van der Waals surface area contributed by atoms with E-state index >= 15 is 0 Å². The smallest absolute Gasteiger partial charge is 0.385 e. The van der Waals surface area contributed by atoms with Gasteiger partial charge in [-0.1, -0.05) is 12.1 Å². The van der Waals surface area contributed by atoms with E-state index in [9.17, 15) is 18.8 Å². The number of ketones is 1. The molecule has 0 atom stereocenters. The van der Waals surface area contributed by atoms with Crippen molar-refractivity contribution in [1.82, 2.24) is 0 Å². The summed E-state index contributed by atoms with van der Waals surface area (Å²) in [6, 6.07) is 5.35. The summed E-state index contributed by atoms with van der Waals surface area (Å²) in [5.74, 6) is -4.46. The SMILES string of the molecule is CCOC(=O)C1=C(c2ccccc2F)OC(=O)C1=O. The topological polar surface area (TPSA) is 69.7 Å². The van der Waals surface area contributed by atoms with Gasteiger partial charge in [0.2, 0.25) is 0 Å². The minimum absolute atomic E-state index is 0.0222. The number of rotatable bonds is 3. The highest BCUT2D eigenvalue weighted by molar-refractivity contribution is 6.51. The fourth-order valence-corrected chi connectivity index (χ4v) is 1.62. The number of Topliss-reactive ketones (excluding diaryl/α,β-unsaturated/α-hetero) is 1. The first-order chi connectivity index (χ1) is 9.06. The van der Waals surface area contributed by atoms with Crippen LogP contribution in [0.4, 0.5) is 4.39 Å². The van der Waals surface area contributed by atoms with Gasteiger partial charge in [-0.05, 0) is 19.1 Å². The van der Waals surface area contributed by atoms with Gasteiger partial charge in [0.05, 0.1) is 12.2 Å². The fraction of sp³-hybridized carbons (Fsp3) is 0.154. The lowest BCUT2D eigenvalue weighted by Gasteiger charge is -2.05. The molecule has 0 unspecified atom stereocenters. The predicted molar refractivity (Wildman–Crippen MR) is 61.1 cm³/mol. The van der Waals surface area contributed by atoms with Gasteiger partial charge in [-0.15, -0.1) is 0 Å². The molecule has 0 spiro atoms. The summed E-state index contributed by atoms with van der Waals surface area (Å²) in [5, 5.41) is 0. The second-order valence-electron chi connectivity index (χ2n) is 3.62. The number of hydrogen-bond acceptors (Lipinski definition) is 5. The van der Waals surface area contributed by atoms with E-state index in [0.717, 1.165) is 6.07 Å². The molecule has 0 saturated heterocycles. The molecule has 1 aliphatic rings. The lowest BCUT2D eigenvalue weighted by atomic mass is 10.1. The fourth-order valence-electron chi connectivity index (χ4n) is 1.62. The third kappa shape index (κ3) is 2.24. The average Bonchev–Trinajstić information content (AvgIpc) is 2.66. The van der Waals surface area contributed by atoms with Gasteiger partial charge in [0.15, 0.2) is 11.3 Å². The Labute approximate surface area is 107 Å². The molecule has 5 nitrogen and oxygen atoms in total. The molecule has 0 aromatic heterocycles. The molecule has 0 bridgehead atoms. The molecule has 2 rings (SSSR count). The molecule has 0 aliphatic carbocycles. The number of carbonyl (C=O) groups excluding carboxylic acids is 3. The van der Waals surface area contributed by atoms with E-state index < -0.39 is 34.9 Å². The quantitative estimate of drug-likeness (QED) is 0.466. The summed E-state index contributed by atoms with van der Waals surface area (Å²) in [6.07, 6.45) is 0. The van der Waals surface area contributed by atoms with Gasteiger partial charge in [-0.3, -0.25) is 4.79 Å². The van der Waals surface area contributed by atoms with Gasteiger partial charge in [0.25, 0.3) is 5.78 Å². The van der Waals surface area contributed by atoms with Crippen LogP contribution in [-0.2, 0) is 23.9 Å². The highest BCUT2D eigenvalue weighted by Crippen LogP contribution is 2.29. The molecule has 6 heteroatoms. The number of halogens is 1. The average molecular weight is 264 g/mol. The molecule has 98 valence electrons. The summed E-state index contributed by atoms with van der Waals surface area (Å²) in [7, 11) is 0. The number of hydrogen-bond donors (Lipinski definition) is 0. The van der Waals surface area contributed by atoms with Crippen molar-refractivity contribution in [2.24, 2.45) is 0 Å².